The summed E-state index contributed by atoms with van der Waals surface area (Å²) in [4.78, 5) is 0. The van der Waals surface area contributed by atoms with E-state index in [0.29, 0.717) is 6.61 Å². The molecule has 0 bridgehead atoms. The molecule has 0 spiro atoms. The first-order chi connectivity index (χ1) is 7.88. The van der Waals surface area contributed by atoms with Crippen LogP contribution in [0.1, 0.15) is 41.9 Å². The Morgan fingerprint density at radius 1 is 1.38 bits per heavy atom. The molecule has 5 atom stereocenters. The minimum atomic E-state index is -1.16. The molecule has 2 saturated carbocycles. The van der Waals surface area contributed by atoms with Crippen molar-refractivity contribution in [3.8, 4) is 0 Å². The van der Waals surface area contributed by atoms with Crippen LogP contribution in [-0.2, 0) is 9.47 Å². The van der Waals surface area contributed by atoms with Gasteiger partial charge >= 0.3 is 0 Å². The second-order valence-corrected chi connectivity index (χ2v) is 5.65. The third kappa shape index (κ3) is 2.12. The fourth-order valence-electron chi connectivity index (χ4n) is 2.65. The van der Waals surface area contributed by atoms with Crippen LogP contribution in [-0.4, -0.2) is 31.1 Å². The molecule has 3 heteroatoms. The highest BCUT2D eigenvalue weighted by Gasteiger charge is 2.67. The van der Waals surface area contributed by atoms with E-state index in [-0.39, 0.29) is 23.5 Å². The third-order valence-electron chi connectivity index (χ3n) is 3.55. The predicted octanol–water partition coefficient (Wildman–Crippen LogP) is 2.95. The number of halogens is 1. The van der Waals surface area contributed by atoms with Crippen molar-refractivity contribution in [2.45, 2.75) is 65.0 Å². The Morgan fingerprint density at radius 2 is 2.06 bits per heavy atom. The fourth-order valence-corrected chi connectivity index (χ4v) is 2.65. The second kappa shape index (κ2) is 4.26. The topological polar surface area (TPSA) is 18.5 Å². The lowest BCUT2D eigenvalue weighted by Crippen LogP contribution is -2.36. The van der Waals surface area contributed by atoms with Crippen molar-refractivity contribution in [3.63, 3.8) is 0 Å². The third-order valence-corrected chi connectivity index (χ3v) is 3.55. The summed E-state index contributed by atoms with van der Waals surface area (Å²) >= 11 is 0. The maximum atomic E-state index is 14.0. The number of hydrogen-bond donors (Lipinski definition) is 0. The number of rotatable bonds is 5. The van der Waals surface area contributed by atoms with Gasteiger partial charge in [-0.05, 0) is 46.4 Å². The number of alkyl halides is 1. The van der Waals surface area contributed by atoms with E-state index in [4.69, 9.17) is 10.8 Å². The average molecular weight is 232 g/mol. The second-order valence-electron chi connectivity index (χ2n) is 5.65. The Morgan fingerprint density at radius 3 is 2.62 bits per heavy atom. The molecule has 2 rings (SSSR count). The van der Waals surface area contributed by atoms with Crippen LogP contribution in [0.15, 0.2) is 0 Å². The maximum absolute atomic E-state index is 14.0. The van der Waals surface area contributed by atoms with Crippen LogP contribution in [0.25, 0.3) is 0 Å². The number of ether oxygens (including phenoxy) is 2. The first kappa shape index (κ1) is 11.0. The van der Waals surface area contributed by atoms with Gasteiger partial charge in [0.1, 0.15) is 6.17 Å². The Bertz CT molecular complexity index is 285. The monoisotopic (exact) mass is 232 g/mol. The molecule has 2 aliphatic carbocycles. The molecule has 0 aromatic rings. The zero-order valence-corrected chi connectivity index (χ0v) is 10.6. The van der Waals surface area contributed by atoms with Gasteiger partial charge in [-0.3, -0.25) is 0 Å². The molecule has 0 saturated heterocycles. The molecule has 94 valence electrons. The van der Waals surface area contributed by atoms with Crippen LogP contribution in [0, 0.1) is 11.3 Å². The molecule has 0 amide bonds. The van der Waals surface area contributed by atoms with Gasteiger partial charge in [0, 0.05) is 6.79 Å². The van der Waals surface area contributed by atoms with Gasteiger partial charge in [-0.1, -0.05) is 0 Å². The van der Waals surface area contributed by atoms with E-state index in [1.165, 1.54) is 0 Å². The normalized spacial score (nSPS) is 47.3. The van der Waals surface area contributed by atoms with Gasteiger partial charge in [0.25, 0.3) is 0 Å². The zero-order chi connectivity index (χ0) is 12.8. The summed E-state index contributed by atoms with van der Waals surface area (Å²) in [5.41, 5.74) is -0.222. The van der Waals surface area contributed by atoms with E-state index in [9.17, 15) is 4.39 Å². The van der Waals surface area contributed by atoms with Crippen molar-refractivity contribution in [1.82, 2.24) is 0 Å². The molecule has 0 N–H and O–H groups in total. The molecule has 2 nitrogen and oxygen atoms in total. The van der Waals surface area contributed by atoms with Crippen LogP contribution < -0.4 is 0 Å². The van der Waals surface area contributed by atoms with Crippen molar-refractivity contribution in [2.24, 2.45) is 11.3 Å². The fraction of sp³-hybridized carbons (Fsp3) is 1.00. The summed E-state index contributed by atoms with van der Waals surface area (Å²) < 4.78 is 33.2. The summed E-state index contributed by atoms with van der Waals surface area (Å²) in [7, 11) is 0. The standard InChI is InChI=1S/C13H23FO2/c1-8(2)15-7-13-6-10(13)5-11(14)12(13)16-9(3)4/h8-12H,5-7H2,1-4H3/t10-,11-,12-,13-/m0/s1/i5T/t5-,10-,11-,12-,13-. The molecule has 0 aliphatic heterocycles. The molecule has 16 heavy (non-hydrogen) atoms. The summed E-state index contributed by atoms with van der Waals surface area (Å²) in [6, 6.07) is 0. The molecule has 2 aliphatic rings. The first-order valence-electron chi connectivity index (χ1n) is 6.79. The highest BCUT2D eigenvalue weighted by Crippen LogP contribution is 2.65. The smallest absolute Gasteiger partial charge is 0.127 e. The van der Waals surface area contributed by atoms with Crippen molar-refractivity contribution < 1.29 is 15.2 Å². The molecular weight excluding hydrogens is 207 g/mol. The number of fused-ring (bicyclic) bond motifs is 1. The molecule has 0 unspecified atom stereocenters. The average Bonchev–Trinajstić information content (AvgIpc) is 2.92. The van der Waals surface area contributed by atoms with Crippen molar-refractivity contribution in [3.05, 3.63) is 0 Å². The molecule has 0 aromatic carbocycles. The van der Waals surface area contributed by atoms with Gasteiger partial charge < -0.3 is 9.47 Å². The minimum Gasteiger partial charge on any atom is -0.378 e. The summed E-state index contributed by atoms with van der Waals surface area (Å²) in [5, 5.41) is 0. The molecule has 0 heterocycles. The van der Waals surface area contributed by atoms with Crippen LogP contribution in [0.2, 0.25) is 0 Å². The lowest BCUT2D eigenvalue weighted by atomic mass is 10.0. The predicted molar refractivity (Wildman–Crippen MR) is 61.2 cm³/mol. The minimum absolute atomic E-state index is 0.000671. The van der Waals surface area contributed by atoms with Gasteiger partial charge in [0.05, 0.1) is 24.9 Å². The van der Waals surface area contributed by atoms with E-state index < -0.39 is 18.7 Å². The van der Waals surface area contributed by atoms with Gasteiger partial charge in [-0.2, -0.15) is 0 Å². The van der Waals surface area contributed by atoms with E-state index in [0.717, 1.165) is 6.42 Å². The highest BCUT2D eigenvalue weighted by molar-refractivity contribution is 5.16. The van der Waals surface area contributed by atoms with Crippen molar-refractivity contribution in [1.29, 1.82) is 0 Å². The Hall–Kier alpha value is -0.150. The summed E-state index contributed by atoms with van der Waals surface area (Å²) in [6.07, 6.45) is -1.21. The molecular formula is C13H23FO2. The van der Waals surface area contributed by atoms with Crippen LogP contribution in [0.3, 0.4) is 0 Å². The zero-order valence-electron chi connectivity index (χ0n) is 11.6. The molecule has 0 radical (unpaired) electrons. The maximum Gasteiger partial charge on any atom is 0.127 e. The highest BCUT2D eigenvalue weighted by atomic mass is 19.1. The van der Waals surface area contributed by atoms with Gasteiger partial charge in [0.2, 0.25) is 0 Å². The van der Waals surface area contributed by atoms with Crippen LogP contribution in [0.4, 0.5) is 4.39 Å². The van der Waals surface area contributed by atoms with Crippen molar-refractivity contribution >= 4 is 0 Å². The Kier molecular flexibility index (Phi) is 2.92. The first-order valence-corrected chi connectivity index (χ1v) is 6.22. The van der Waals surface area contributed by atoms with Gasteiger partial charge in [-0.15, -0.1) is 0 Å². The SMILES string of the molecule is [3H][C@@H]1[C@H](F)[C@H](OC(C)C)[C@]2(COC(C)C)C[C@H]12. The largest absolute Gasteiger partial charge is 0.378 e. The summed E-state index contributed by atoms with van der Waals surface area (Å²) in [6.45, 7) is 8.32. The quantitative estimate of drug-likeness (QED) is 0.725. The van der Waals surface area contributed by atoms with E-state index in [1.54, 1.807) is 0 Å². The van der Waals surface area contributed by atoms with E-state index in [2.05, 4.69) is 0 Å². The summed E-state index contributed by atoms with van der Waals surface area (Å²) in [5.74, 6) is 0.125. The van der Waals surface area contributed by atoms with Gasteiger partial charge in [0.15, 0.2) is 0 Å². The van der Waals surface area contributed by atoms with Crippen LogP contribution >= 0.6 is 0 Å². The Labute approximate surface area is 98.9 Å². The molecule has 2 fully saturated rings. The lowest BCUT2D eigenvalue weighted by molar-refractivity contribution is -0.0876. The Balaban J connectivity index is 2.05. The van der Waals surface area contributed by atoms with E-state index in [1.807, 2.05) is 27.7 Å². The van der Waals surface area contributed by atoms with Crippen molar-refractivity contribution in [2.75, 3.05) is 6.61 Å². The van der Waals surface area contributed by atoms with Gasteiger partial charge in [-0.25, -0.2) is 4.39 Å². The van der Waals surface area contributed by atoms with E-state index >= 15 is 0 Å². The lowest BCUT2D eigenvalue weighted by Gasteiger charge is -2.28. The van der Waals surface area contributed by atoms with Crippen LogP contribution in [0.5, 0.6) is 0 Å². The number of hydrogen-bond acceptors (Lipinski definition) is 2. The molecule has 0 aromatic heterocycles.